The second-order valence-corrected chi connectivity index (χ2v) is 8.61. The number of benzene rings is 1. The molecule has 23 heavy (non-hydrogen) atoms. The molecule has 3 rings (SSSR count). The fraction of sp³-hybridized carbons (Fsp3) is 0.562. The average molecular weight is 340 g/mol. The fourth-order valence-corrected chi connectivity index (χ4v) is 3.90. The first-order chi connectivity index (χ1) is 10.8. The molecule has 1 N–H and O–H groups in total. The predicted molar refractivity (Wildman–Crippen MR) is 84.6 cm³/mol. The third-order valence-electron chi connectivity index (χ3n) is 4.58. The summed E-state index contributed by atoms with van der Waals surface area (Å²) in [5.41, 5.74) is -0.217. The molecule has 2 atom stereocenters. The quantitative estimate of drug-likeness (QED) is 0.845. The van der Waals surface area contributed by atoms with Crippen molar-refractivity contribution in [1.29, 1.82) is 0 Å². The first kappa shape index (κ1) is 16.4. The fourth-order valence-electron chi connectivity index (χ4n) is 3.25. The number of nitrogens with zero attached hydrogens (tertiary/aromatic N) is 1. The summed E-state index contributed by atoms with van der Waals surface area (Å²) in [6.07, 6.45) is 4.27. The molecule has 2 aliphatic rings. The molecule has 1 aromatic carbocycles. The van der Waals surface area contributed by atoms with Gasteiger partial charge in [0.15, 0.2) is 9.84 Å². The number of sulfone groups is 1. The van der Waals surface area contributed by atoms with E-state index in [9.17, 15) is 17.6 Å². The van der Waals surface area contributed by atoms with Crippen molar-refractivity contribution >= 4 is 15.7 Å². The average Bonchev–Trinajstić information content (AvgIpc) is 3.22. The number of nitrogens with one attached hydrogen (secondary N) is 1. The van der Waals surface area contributed by atoms with Crippen molar-refractivity contribution in [2.45, 2.75) is 49.2 Å². The molecule has 0 radical (unpaired) electrons. The normalized spacial score (nSPS) is 25.5. The molecule has 1 saturated heterocycles. The molecule has 2 unspecified atom stereocenters. The molecule has 1 heterocycles. The highest BCUT2D eigenvalue weighted by atomic mass is 32.2. The largest absolute Gasteiger partial charge is 0.348 e. The van der Waals surface area contributed by atoms with Crippen molar-refractivity contribution in [3.8, 4) is 0 Å². The summed E-state index contributed by atoms with van der Waals surface area (Å²) in [6.45, 7) is 2.90. The highest BCUT2D eigenvalue weighted by Gasteiger charge is 2.39. The Balaban J connectivity index is 1.73. The van der Waals surface area contributed by atoms with Crippen molar-refractivity contribution in [2.24, 2.45) is 0 Å². The van der Waals surface area contributed by atoms with Crippen LogP contribution in [-0.2, 0) is 9.84 Å². The molecule has 0 aromatic heterocycles. The van der Waals surface area contributed by atoms with Gasteiger partial charge in [-0.05, 0) is 44.4 Å². The van der Waals surface area contributed by atoms with E-state index in [2.05, 4.69) is 17.1 Å². The second-order valence-electron chi connectivity index (χ2n) is 6.60. The van der Waals surface area contributed by atoms with Crippen LogP contribution in [0.1, 0.15) is 36.5 Å². The SMILES string of the molecule is CC1CC(NC(=O)c2cc(S(C)(=O)=O)ccc2F)CN1C1CC1. The maximum absolute atomic E-state index is 13.9. The molecule has 126 valence electrons. The van der Waals surface area contributed by atoms with E-state index in [1.807, 2.05) is 0 Å². The lowest BCUT2D eigenvalue weighted by Crippen LogP contribution is -2.38. The third-order valence-corrected chi connectivity index (χ3v) is 5.69. The Kier molecular flexibility index (Phi) is 4.18. The molecule has 1 aliphatic heterocycles. The van der Waals surface area contributed by atoms with E-state index in [4.69, 9.17) is 0 Å². The molecular formula is C16H21FN2O3S. The number of hydrogen-bond donors (Lipinski definition) is 1. The maximum atomic E-state index is 13.9. The summed E-state index contributed by atoms with van der Waals surface area (Å²) >= 11 is 0. The van der Waals surface area contributed by atoms with E-state index in [1.54, 1.807) is 0 Å². The number of carbonyl (C=O) groups is 1. The van der Waals surface area contributed by atoms with Gasteiger partial charge in [0, 0.05) is 30.9 Å². The molecule has 0 spiro atoms. The van der Waals surface area contributed by atoms with Gasteiger partial charge in [0.25, 0.3) is 5.91 Å². The smallest absolute Gasteiger partial charge is 0.254 e. The number of halogens is 1. The second kappa shape index (κ2) is 5.87. The lowest BCUT2D eigenvalue weighted by Gasteiger charge is -2.19. The minimum absolute atomic E-state index is 0.0283. The Morgan fingerprint density at radius 1 is 1.35 bits per heavy atom. The maximum Gasteiger partial charge on any atom is 0.254 e. The number of rotatable bonds is 4. The highest BCUT2D eigenvalue weighted by Crippen LogP contribution is 2.33. The van der Waals surface area contributed by atoms with Gasteiger partial charge in [0.05, 0.1) is 10.5 Å². The molecule has 5 nitrogen and oxygen atoms in total. The topological polar surface area (TPSA) is 66.5 Å². The third kappa shape index (κ3) is 3.55. The summed E-state index contributed by atoms with van der Waals surface area (Å²) in [7, 11) is -3.48. The van der Waals surface area contributed by atoms with Crippen LogP contribution < -0.4 is 5.32 Å². The van der Waals surface area contributed by atoms with E-state index >= 15 is 0 Å². The van der Waals surface area contributed by atoms with Gasteiger partial charge in [-0.1, -0.05) is 0 Å². The summed E-state index contributed by atoms with van der Waals surface area (Å²) < 4.78 is 37.0. The zero-order chi connectivity index (χ0) is 16.8. The van der Waals surface area contributed by atoms with Crippen LogP contribution in [0.15, 0.2) is 23.1 Å². The Labute approximate surface area is 135 Å². The Hall–Kier alpha value is -1.47. The van der Waals surface area contributed by atoms with Crippen molar-refractivity contribution in [3.63, 3.8) is 0 Å². The van der Waals surface area contributed by atoms with Gasteiger partial charge in [-0.3, -0.25) is 9.69 Å². The summed E-state index contributed by atoms with van der Waals surface area (Å²) in [5.74, 6) is -1.26. The number of amides is 1. The lowest BCUT2D eigenvalue weighted by molar-refractivity contribution is 0.0933. The van der Waals surface area contributed by atoms with Crippen molar-refractivity contribution in [3.05, 3.63) is 29.6 Å². The highest BCUT2D eigenvalue weighted by molar-refractivity contribution is 7.90. The van der Waals surface area contributed by atoms with Crippen LogP contribution in [0.5, 0.6) is 0 Å². The van der Waals surface area contributed by atoms with Gasteiger partial charge in [0.2, 0.25) is 0 Å². The van der Waals surface area contributed by atoms with Crippen molar-refractivity contribution in [1.82, 2.24) is 10.2 Å². The van der Waals surface area contributed by atoms with Gasteiger partial charge in [-0.2, -0.15) is 0 Å². The summed E-state index contributed by atoms with van der Waals surface area (Å²) in [4.78, 5) is 14.7. The summed E-state index contributed by atoms with van der Waals surface area (Å²) in [5, 5.41) is 2.84. The van der Waals surface area contributed by atoms with Crippen LogP contribution in [0.4, 0.5) is 4.39 Å². The van der Waals surface area contributed by atoms with Gasteiger partial charge >= 0.3 is 0 Å². The molecule has 1 amide bonds. The van der Waals surface area contributed by atoms with Crippen molar-refractivity contribution < 1.29 is 17.6 Å². The lowest BCUT2D eigenvalue weighted by atomic mass is 10.1. The zero-order valence-electron chi connectivity index (χ0n) is 13.3. The molecule has 1 aromatic rings. The van der Waals surface area contributed by atoms with Crippen LogP contribution in [-0.4, -0.2) is 50.2 Å². The van der Waals surface area contributed by atoms with Gasteiger partial charge in [-0.25, -0.2) is 12.8 Å². The van der Waals surface area contributed by atoms with Crippen LogP contribution in [0.25, 0.3) is 0 Å². The van der Waals surface area contributed by atoms with Crippen LogP contribution in [0.2, 0.25) is 0 Å². The van der Waals surface area contributed by atoms with Gasteiger partial charge in [0.1, 0.15) is 5.82 Å². The van der Waals surface area contributed by atoms with Crippen LogP contribution >= 0.6 is 0 Å². The van der Waals surface area contributed by atoms with E-state index in [1.165, 1.54) is 18.9 Å². The monoisotopic (exact) mass is 340 g/mol. The minimum atomic E-state index is -3.48. The first-order valence-electron chi connectivity index (χ1n) is 7.82. The van der Waals surface area contributed by atoms with E-state index in [-0.39, 0.29) is 16.5 Å². The van der Waals surface area contributed by atoms with Gasteiger partial charge in [-0.15, -0.1) is 0 Å². The van der Waals surface area contributed by atoms with Gasteiger partial charge < -0.3 is 5.32 Å². The molecule has 1 saturated carbocycles. The molecule has 2 fully saturated rings. The van der Waals surface area contributed by atoms with Crippen molar-refractivity contribution in [2.75, 3.05) is 12.8 Å². The summed E-state index contributed by atoms with van der Waals surface area (Å²) in [6, 6.07) is 4.31. The molecule has 7 heteroatoms. The van der Waals surface area contributed by atoms with Crippen LogP contribution in [0.3, 0.4) is 0 Å². The Morgan fingerprint density at radius 2 is 2.04 bits per heavy atom. The molecule has 0 bridgehead atoms. The predicted octanol–water partition coefficient (Wildman–Crippen LogP) is 1.58. The Morgan fingerprint density at radius 3 is 2.65 bits per heavy atom. The number of hydrogen-bond acceptors (Lipinski definition) is 4. The van der Waals surface area contributed by atoms with E-state index < -0.39 is 21.6 Å². The molecule has 1 aliphatic carbocycles. The molecular weight excluding hydrogens is 319 g/mol. The van der Waals surface area contributed by atoms with E-state index in [0.717, 1.165) is 31.4 Å². The van der Waals surface area contributed by atoms with Crippen LogP contribution in [0, 0.1) is 5.82 Å². The standard InChI is InChI=1S/C16H21FN2O3S/c1-10-7-11(9-19(10)12-3-4-12)18-16(20)14-8-13(23(2,21)22)5-6-15(14)17/h5-6,8,10-12H,3-4,7,9H2,1-2H3,(H,18,20). The minimum Gasteiger partial charge on any atom is -0.348 e. The number of likely N-dealkylation sites (tertiary alicyclic amines) is 1. The van der Waals surface area contributed by atoms with E-state index in [0.29, 0.717) is 12.1 Å². The Bertz CT molecular complexity index is 731. The zero-order valence-corrected chi connectivity index (χ0v) is 14.1. The first-order valence-corrected chi connectivity index (χ1v) is 9.71. The number of carbonyl (C=O) groups excluding carboxylic acids is 1.